The van der Waals surface area contributed by atoms with E-state index in [9.17, 15) is 8.78 Å². The summed E-state index contributed by atoms with van der Waals surface area (Å²) < 4.78 is 32.9. The van der Waals surface area contributed by atoms with Gasteiger partial charge in [-0.3, -0.25) is 0 Å². The van der Waals surface area contributed by atoms with Gasteiger partial charge in [0.1, 0.15) is 0 Å². The minimum absolute atomic E-state index is 0.267. The number of fused-ring (bicyclic) bond motifs is 1. The summed E-state index contributed by atoms with van der Waals surface area (Å²) in [4.78, 5) is 0. The standard InChI is InChI=1S/C22H30F2O/c1-3-4-5-6-15-7-8-17-12-18(10-9-16(17)11-15)19-13-20(23)22(25-2)21(24)14-19/h5-6,13-18H,3-4,7-12H2,1-2H3/t15-,16-,17-,18?/m1/s1. The van der Waals surface area contributed by atoms with Gasteiger partial charge in [0.05, 0.1) is 7.11 Å². The van der Waals surface area contributed by atoms with Gasteiger partial charge in [-0.05, 0) is 86.3 Å². The molecule has 2 fully saturated rings. The van der Waals surface area contributed by atoms with E-state index < -0.39 is 11.6 Å². The third-order valence-corrected chi connectivity index (χ3v) is 6.21. The molecule has 1 aromatic carbocycles. The minimum Gasteiger partial charge on any atom is -0.491 e. The first-order valence-corrected chi connectivity index (χ1v) is 9.82. The van der Waals surface area contributed by atoms with Crippen LogP contribution in [0, 0.1) is 29.4 Å². The van der Waals surface area contributed by atoms with Crippen molar-refractivity contribution in [2.24, 2.45) is 17.8 Å². The van der Waals surface area contributed by atoms with Crippen molar-refractivity contribution >= 4 is 0 Å². The molecule has 4 atom stereocenters. The third kappa shape index (κ3) is 4.24. The number of rotatable bonds is 5. The van der Waals surface area contributed by atoms with Crippen molar-refractivity contribution in [2.75, 3.05) is 7.11 Å². The van der Waals surface area contributed by atoms with E-state index >= 15 is 0 Å². The smallest absolute Gasteiger partial charge is 0.190 e. The molecule has 0 N–H and O–H groups in total. The van der Waals surface area contributed by atoms with Gasteiger partial charge in [-0.1, -0.05) is 25.5 Å². The van der Waals surface area contributed by atoms with Crippen LogP contribution >= 0.6 is 0 Å². The molecule has 2 aliphatic carbocycles. The number of benzene rings is 1. The van der Waals surface area contributed by atoms with Crippen molar-refractivity contribution in [1.29, 1.82) is 0 Å². The molecule has 25 heavy (non-hydrogen) atoms. The summed E-state index contributed by atoms with van der Waals surface area (Å²) in [5.74, 6) is 1.09. The lowest BCUT2D eigenvalue weighted by Gasteiger charge is -2.42. The Bertz CT molecular complexity index is 587. The Labute approximate surface area is 150 Å². The second-order valence-corrected chi connectivity index (χ2v) is 7.84. The van der Waals surface area contributed by atoms with E-state index in [1.54, 1.807) is 0 Å². The third-order valence-electron chi connectivity index (χ3n) is 6.21. The maximum absolute atomic E-state index is 14.0. The molecule has 0 heterocycles. The highest BCUT2D eigenvalue weighted by Gasteiger charge is 2.35. The second kappa shape index (κ2) is 8.33. The summed E-state index contributed by atoms with van der Waals surface area (Å²) >= 11 is 0. The van der Waals surface area contributed by atoms with E-state index in [1.165, 1.54) is 57.8 Å². The van der Waals surface area contributed by atoms with Crippen LogP contribution in [0.3, 0.4) is 0 Å². The van der Waals surface area contributed by atoms with Crippen LogP contribution in [-0.2, 0) is 0 Å². The number of halogens is 2. The zero-order valence-electron chi connectivity index (χ0n) is 15.4. The molecule has 0 aromatic heterocycles. The maximum atomic E-state index is 14.0. The molecule has 138 valence electrons. The molecular weight excluding hydrogens is 318 g/mol. The fourth-order valence-electron chi connectivity index (χ4n) is 4.87. The first kappa shape index (κ1) is 18.4. The highest BCUT2D eigenvalue weighted by atomic mass is 19.1. The largest absolute Gasteiger partial charge is 0.491 e. The monoisotopic (exact) mass is 348 g/mol. The van der Waals surface area contributed by atoms with Crippen molar-refractivity contribution in [2.45, 2.75) is 64.2 Å². The van der Waals surface area contributed by atoms with Crippen LogP contribution in [-0.4, -0.2) is 7.11 Å². The lowest BCUT2D eigenvalue weighted by atomic mass is 9.64. The quantitative estimate of drug-likeness (QED) is 0.543. The number of hydrogen-bond donors (Lipinski definition) is 0. The highest BCUT2D eigenvalue weighted by molar-refractivity contribution is 5.33. The average Bonchev–Trinajstić information content (AvgIpc) is 2.61. The Morgan fingerprint density at radius 1 is 1.04 bits per heavy atom. The zero-order valence-corrected chi connectivity index (χ0v) is 15.4. The molecular formula is C22H30F2O. The molecule has 0 radical (unpaired) electrons. The van der Waals surface area contributed by atoms with Gasteiger partial charge in [-0.2, -0.15) is 0 Å². The van der Waals surface area contributed by atoms with Crippen LogP contribution in [0.5, 0.6) is 5.75 Å². The van der Waals surface area contributed by atoms with Gasteiger partial charge in [0.15, 0.2) is 17.4 Å². The SMILES string of the molecule is CCCC=C[C@@H]1CC[C@@H]2CC(c3cc(F)c(OC)c(F)c3)CC[C@@H]2C1. The van der Waals surface area contributed by atoms with Crippen LogP contribution in [0.2, 0.25) is 0 Å². The van der Waals surface area contributed by atoms with Gasteiger partial charge >= 0.3 is 0 Å². The highest BCUT2D eigenvalue weighted by Crippen LogP contribution is 2.48. The lowest BCUT2D eigenvalue weighted by Crippen LogP contribution is -2.30. The van der Waals surface area contributed by atoms with Gasteiger partial charge in [-0.25, -0.2) is 8.78 Å². The Morgan fingerprint density at radius 2 is 1.72 bits per heavy atom. The van der Waals surface area contributed by atoms with Crippen LogP contribution in [0.1, 0.15) is 69.8 Å². The van der Waals surface area contributed by atoms with Gasteiger partial charge in [0.2, 0.25) is 0 Å². The number of unbranched alkanes of at least 4 members (excludes halogenated alkanes) is 1. The van der Waals surface area contributed by atoms with Crippen molar-refractivity contribution in [1.82, 2.24) is 0 Å². The molecule has 1 nitrogen and oxygen atoms in total. The Morgan fingerprint density at radius 3 is 2.40 bits per heavy atom. The van der Waals surface area contributed by atoms with Crippen LogP contribution in [0.15, 0.2) is 24.3 Å². The van der Waals surface area contributed by atoms with Crippen LogP contribution in [0.25, 0.3) is 0 Å². The van der Waals surface area contributed by atoms with Crippen molar-refractivity contribution < 1.29 is 13.5 Å². The zero-order chi connectivity index (χ0) is 17.8. The topological polar surface area (TPSA) is 9.23 Å². The van der Waals surface area contributed by atoms with E-state index in [0.717, 1.165) is 30.2 Å². The van der Waals surface area contributed by atoms with Gasteiger partial charge in [-0.15, -0.1) is 0 Å². The van der Waals surface area contributed by atoms with Crippen LogP contribution < -0.4 is 4.74 Å². The molecule has 3 heteroatoms. The Kier molecular flexibility index (Phi) is 6.14. The van der Waals surface area contributed by atoms with Crippen molar-refractivity contribution in [3.05, 3.63) is 41.5 Å². The molecule has 0 saturated heterocycles. The lowest BCUT2D eigenvalue weighted by molar-refractivity contribution is 0.133. The molecule has 0 bridgehead atoms. The summed E-state index contributed by atoms with van der Waals surface area (Å²) in [7, 11) is 1.31. The fourth-order valence-corrected chi connectivity index (χ4v) is 4.87. The molecule has 0 aliphatic heterocycles. The average molecular weight is 348 g/mol. The van der Waals surface area contributed by atoms with Gasteiger partial charge in [0, 0.05) is 0 Å². The molecule has 1 aromatic rings. The second-order valence-electron chi connectivity index (χ2n) is 7.84. The number of allylic oxidation sites excluding steroid dienone is 2. The Hall–Kier alpha value is -1.38. The summed E-state index contributed by atoms with van der Waals surface area (Å²) in [5.41, 5.74) is 0.805. The molecule has 3 rings (SSSR count). The summed E-state index contributed by atoms with van der Waals surface area (Å²) in [6, 6.07) is 2.96. The van der Waals surface area contributed by atoms with Gasteiger partial charge in [0.25, 0.3) is 0 Å². The Balaban J connectivity index is 1.63. The maximum Gasteiger partial charge on any atom is 0.190 e. The van der Waals surface area contributed by atoms with E-state index in [-0.39, 0.29) is 11.7 Å². The van der Waals surface area contributed by atoms with E-state index in [2.05, 4.69) is 19.1 Å². The first-order chi connectivity index (χ1) is 12.1. The van der Waals surface area contributed by atoms with Crippen molar-refractivity contribution in [3.8, 4) is 5.75 Å². The number of hydrogen-bond acceptors (Lipinski definition) is 1. The van der Waals surface area contributed by atoms with Crippen molar-refractivity contribution in [3.63, 3.8) is 0 Å². The van der Waals surface area contributed by atoms with E-state index in [0.29, 0.717) is 5.92 Å². The first-order valence-electron chi connectivity index (χ1n) is 9.82. The van der Waals surface area contributed by atoms with E-state index in [4.69, 9.17) is 4.74 Å². The molecule has 0 spiro atoms. The fraction of sp³-hybridized carbons (Fsp3) is 0.636. The molecule has 1 unspecified atom stereocenters. The predicted octanol–water partition coefficient (Wildman–Crippen LogP) is 6.63. The molecule has 0 amide bonds. The molecule has 2 saturated carbocycles. The van der Waals surface area contributed by atoms with Crippen LogP contribution in [0.4, 0.5) is 8.78 Å². The number of methoxy groups -OCH3 is 1. The number of ether oxygens (including phenoxy) is 1. The predicted molar refractivity (Wildman–Crippen MR) is 97.9 cm³/mol. The van der Waals surface area contributed by atoms with Gasteiger partial charge < -0.3 is 4.74 Å². The summed E-state index contributed by atoms with van der Waals surface area (Å²) in [5, 5.41) is 0. The molecule has 2 aliphatic rings. The summed E-state index contributed by atoms with van der Waals surface area (Å²) in [6.45, 7) is 2.22. The minimum atomic E-state index is -0.579. The summed E-state index contributed by atoms with van der Waals surface area (Å²) in [6.07, 6.45) is 14.3. The normalized spacial score (nSPS) is 29.6. The van der Waals surface area contributed by atoms with E-state index in [1.807, 2.05) is 0 Å².